The van der Waals surface area contributed by atoms with Crippen molar-refractivity contribution in [1.82, 2.24) is 4.67 Å². The normalized spacial score (nSPS) is 20.3. The van der Waals surface area contributed by atoms with Crippen molar-refractivity contribution in [2.24, 2.45) is 0 Å². The Balaban J connectivity index is 1.51. The highest BCUT2D eigenvalue weighted by Crippen LogP contribution is 2.50. The van der Waals surface area contributed by atoms with E-state index in [2.05, 4.69) is 24.3 Å². The number of carbonyl (C=O) groups is 2. The molecule has 2 atom stereocenters. The Hall–Kier alpha value is -2.47. The van der Waals surface area contributed by atoms with Crippen molar-refractivity contribution in [3.8, 4) is 11.1 Å². The summed E-state index contributed by atoms with van der Waals surface area (Å²) in [5.74, 6) is -0.614. The molecule has 164 valence electrons. The summed E-state index contributed by atoms with van der Waals surface area (Å²) in [6.45, 7) is 5.49. The van der Waals surface area contributed by atoms with Gasteiger partial charge in [-0.1, -0.05) is 48.5 Å². The summed E-state index contributed by atoms with van der Waals surface area (Å²) in [5.41, 5.74) is 3.85. The number of hydrogen-bond donors (Lipinski definition) is 0. The molecule has 1 amide bonds. The smallest absolute Gasteiger partial charge is 0.417 e. The van der Waals surface area contributed by atoms with E-state index in [0.717, 1.165) is 22.3 Å². The molecule has 0 saturated carbocycles. The summed E-state index contributed by atoms with van der Waals surface area (Å²) in [6, 6.07) is 15.3. The Morgan fingerprint density at radius 1 is 1.06 bits per heavy atom. The molecule has 0 spiro atoms. The summed E-state index contributed by atoms with van der Waals surface area (Å²) >= 11 is 0. The van der Waals surface area contributed by atoms with Gasteiger partial charge in [0.25, 0.3) is 8.53 Å². The summed E-state index contributed by atoms with van der Waals surface area (Å²) in [6.07, 6.45) is -0.650. The topological polar surface area (TPSA) is 74.3 Å². The largest absolute Gasteiger partial charge is 0.458 e. The molecule has 8 heteroatoms. The second-order valence-corrected chi connectivity index (χ2v) is 9.94. The van der Waals surface area contributed by atoms with E-state index >= 15 is 0 Å². The fraction of sp³-hybridized carbons (Fsp3) is 0.391. The number of benzene rings is 2. The Morgan fingerprint density at radius 2 is 1.65 bits per heavy atom. The number of esters is 1. The second-order valence-electron chi connectivity index (χ2n) is 8.41. The lowest BCUT2D eigenvalue weighted by atomic mass is 9.98. The van der Waals surface area contributed by atoms with Gasteiger partial charge in [0.1, 0.15) is 12.2 Å². The van der Waals surface area contributed by atoms with Crippen LogP contribution in [0.2, 0.25) is 0 Å². The summed E-state index contributed by atoms with van der Waals surface area (Å²) in [5, 5.41) is 0. The van der Waals surface area contributed by atoms with Crippen molar-refractivity contribution >= 4 is 20.6 Å². The molecule has 0 bridgehead atoms. The van der Waals surface area contributed by atoms with E-state index in [0.29, 0.717) is 0 Å². The molecule has 1 aliphatic carbocycles. The van der Waals surface area contributed by atoms with Crippen LogP contribution in [0, 0.1) is 0 Å². The highest BCUT2D eigenvalue weighted by atomic mass is 31.2. The predicted molar refractivity (Wildman–Crippen MR) is 116 cm³/mol. The van der Waals surface area contributed by atoms with Gasteiger partial charge < -0.3 is 18.5 Å². The monoisotopic (exact) mass is 443 g/mol. The summed E-state index contributed by atoms with van der Waals surface area (Å²) < 4.78 is 23.2. The van der Waals surface area contributed by atoms with E-state index in [9.17, 15) is 9.59 Å². The minimum Gasteiger partial charge on any atom is -0.458 e. The molecule has 1 unspecified atom stereocenters. The average molecular weight is 443 g/mol. The average Bonchev–Trinajstić information content (AvgIpc) is 3.30. The molecule has 0 N–H and O–H groups in total. The maximum absolute atomic E-state index is 13.0. The summed E-state index contributed by atoms with van der Waals surface area (Å²) in [4.78, 5) is 25.7. The van der Waals surface area contributed by atoms with Gasteiger partial charge in [0.2, 0.25) is 0 Å². The minimum absolute atomic E-state index is 0.0126. The molecule has 2 aromatic carbocycles. The number of carbonyl (C=O) groups excluding carboxylic acids is 2. The molecule has 31 heavy (non-hydrogen) atoms. The number of nitrogens with zero attached hydrogens (tertiary/aromatic N) is 1. The molecule has 1 saturated heterocycles. The second kappa shape index (κ2) is 8.58. The lowest BCUT2D eigenvalue weighted by Gasteiger charge is -2.27. The van der Waals surface area contributed by atoms with E-state index in [1.807, 2.05) is 24.3 Å². The first kappa shape index (κ1) is 21.8. The maximum Gasteiger partial charge on any atom is 0.417 e. The predicted octanol–water partition coefficient (Wildman–Crippen LogP) is 4.85. The SMILES string of the molecule is COP1OC[C@@H](C(=O)OC(C)(C)C)N1C(=O)OCC1c2ccccc2-c2ccccc21. The molecular weight excluding hydrogens is 417 g/mol. The fourth-order valence-electron chi connectivity index (χ4n) is 3.91. The van der Waals surface area contributed by atoms with Crippen LogP contribution >= 0.6 is 8.53 Å². The molecule has 1 aliphatic heterocycles. The fourth-order valence-corrected chi connectivity index (χ4v) is 5.17. The first-order valence-corrected chi connectivity index (χ1v) is 11.3. The Bertz CT molecular complexity index is 943. The summed E-state index contributed by atoms with van der Waals surface area (Å²) in [7, 11) is -0.293. The van der Waals surface area contributed by atoms with Crippen LogP contribution in [0.4, 0.5) is 4.79 Å². The number of rotatable bonds is 4. The lowest BCUT2D eigenvalue weighted by Crippen LogP contribution is -2.43. The Labute approximate surface area is 183 Å². The molecule has 7 nitrogen and oxygen atoms in total. The van der Waals surface area contributed by atoms with Crippen molar-refractivity contribution in [1.29, 1.82) is 0 Å². The minimum atomic E-state index is -1.73. The van der Waals surface area contributed by atoms with E-state index in [1.54, 1.807) is 20.8 Å². The van der Waals surface area contributed by atoms with Crippen molar-refractivity contribution in [3.63, 3.8) is 0 Å². The van der Waals surface area contributed by atoms with Gasteiger partial charge in [-0.05, 0) is 43.0 Å². The van der Waals surface area contributed by atoms with E-state index in [-0.39, 0.29) is 19.1 Å². The first-order chi connectivity index (χ1) is 14.8. The number of amides is 1. The highest BCUT2D eigenvalue weighted by Gasteiger charge is 2.47. The standard InChI is InChI=1S/C23H26NO6P/c1-23(2,3)30-21(25)20-14-29-31(27-4)24(20)22(26)28-13-19-17-11-7-5-9-15(17)16-10-6-8-12-18(16)19/h5-12,19-20H,13-14H2,1-4H3/t20-,31?/m0/s1. The van der Waals surface area contributed by atoms with Crippen LogP contribution in [0.15, 0.2) is 48.5 Å². The molecule has 1 fully saturated rings. The van der Waals surface area contributed by atoms with E-state index in [4.69, 9.17) is 18.5 Å². The van der Waals surface area contributed by atoms with Crippen LogP contribution in [-0.2, 0) is 23.3 Å². The number of fused-ring (bicyclic) bond motifs is 3. The van der Waals surface area contributed by atoms with Crippen LogP contribution in [0.3, 0.4) is 0 Å². The molecule has 0 radical (unpaired) electrons. The molecule has 4 rings (SSSR count). The number of hydrogen-bond acceptors (Lipinski definition) is 6. The lowest BCUT2D eigenvalue weighted by molar-refractivity contribution is -0.159. The van der Waals surface area contributed by atoms with Gasteiger partial charge in [0, 0.05) is 13.0 Å². The molecule has 1 heterocycles. The van der Waals surface area contributed by atoms with Crippen LogP contribution < -0.4 is 0 Å². The number of ether oxygens (including phenoxy) is 2. The Kier molecular flexibility index (Phi) is 6.02. The third-order valence-electron chi connectivity index (χ3n) is 5.17. The third-order valence-corrected chi connectivity index (χ3v) is 6.65. The van der Waals surface area contributed by atoms with E-state index in [1.165, 1.54) is 11.8 Å². The zero-order valence-corrected chi connectivity index (χ0v) is 18.9. The van der Waals surface area contributed by atoms with Gasteiger partial charge in [0.15, 0.2) is 6.04 Å². The van der Waals surface area contributed by atoms with Crippen molar-refractivity contribution in [2.75, 3.05) is 20.3 Å². The van der Waals surface area contributed by atoms with Gasteiger partial charge in [0.05, 0.1) is 6.61 Å². The van der Waals surface area contributed by atoms with Crippen LogP contribution in [-0.4, -0.2) is 48.7 Å². The maximum atomic E-state index is 13.0. The van der Waals surface area contributed by atoms with Gasteiger partial charge in [-0.25, -0.2) is 14.3 Å². The van der Waals surface area contributed by atoms with Gasteiger partial charge in [-0.15, -0.1) is 0 Å². The van der Waals surface area contributed by atoms with Crippen molar-refractivity contribution in [2.45, 2.75) is 38.3 Å². The van der Waals surface area contributed by atoms with Gasteiger partial charge in [-0.2, -0.15) is 0 Å². The molecule has 0 aromatic heterocycles. The van der Waals surface area contributed by atoms with E-state index < -0.39 is 32.2 Å². The first-order valence-electron chi connectivity index (χ1n) is 10.1. The van der Waals surface area contributed by atoms with Crippen molar-refractivity contribution in [3.05, 3.63) is 59.7 Å². The van der Waals surface area contributed by atoms with Crippen LogP contribution in [0.1, 0.15) is 37.8 Å². The quantitative estimate of drug-likeness (QED) is 0.497. The molecule has 2 aliphatic rings. The Morgan fingerprint density at radius 3 is 2.19 bits per heavy atom. The molecule has 2 aromatic rings. The van der Waals surface area contributed by atoms with Crippen LogP contribution in [0.25, 0.3) is 11.1 Å². The third kappa shape index (κ3) is 4.31. The van der Waals surface area contributed by atoms with Gasteiger partial charge in [-0.3, -0.25) is 0 Å². The highest BCUT2D eigenvalue weighted by molar-refractivity contribution is 7.45. The zero-order chi connectivity index (χ0) is 22.2. The van der Waals surface area contributed by atoms with Crippen LogP contribution in [0.5, 0.6) is 0 Å². The van der Waals surface area contributed by atoms with Gasteiger partial charge >= 0.3 is 12.1 Å². The molecular formula is C23H26NO6P. The van der Waals surface area contributed by atoms with Crippen molar-refractivity contribution < 1.29 is 28.1 Å². The zero-order valence-electron chi connectivity index (χ0n) is 18.0.